The zero-order chi connectivity index (χ0) is 11.9. The Bertz CT molecular complexity index is 199. The van der Waals surface area contributed by atoms with E-state index >= 15 is 0 Å². The quantitative estimate of drug-likeness (QED) is 0.499. The molecular formula is C10H22NaO2PS2. The molecule has 0 saturated carbocycles. The fraction of sp³-hybridized carbons (Fsp3) is 1.00. The molecule has 0 N–H and O–H groups in total. The fourth-order valence-electron chi connectivity index (χ4n) is 1.38. The minimum atomic E-state index is -3.28. The van der Waals surface area contributed by atoms with Gasteiger partial charge in [0.25, 0.3) is 0 Å². The van der Waals surface area contributed by atoms with E-state index in [1.807, 2.05) is 13.8 Å². The Morgan fingerprint density at radius 1 is 1.06 bits per heavy atom. The molecule has 0 spiro atoms. The Morgan fingerprint density at radius 3 is 1.62 bits per heavy atom. The van der Waals surface area contributed by atoms with Crippen LogP contribution in [-0.4, -0.2) is 10.5 Å². The molecule has 0 saturated heterocycles. The van der Waals surface area contributed by atoms with Crippen LogP contribution >= 0.6 is 28.5 Å². The van der Waals surface area contributed by atoms with Crippen molar-refractivity contribution in [3.05, 3.63) is 0 Å². The van der Waals surface area contributed by atoms with E-state index in [0.29, 0.717) is 0 Å². The topological polar surface area (TPSA) is 40.1 Å². The Hall–Kier alpha value is 1.89. The maximum atomic E-state index is 11.8. The Labute approximate surface area is 130 Å². The number of rotatable bonds is 8. The van der Waals surface area contributed by atoms with E-state index in [1.54, 1.807) is 0 Å². The second-order valence-corrected chi connectivity index (χ2v) is 11.6. The standard InChI is InChI=1S/C10H23O2PS2.Na/c1-5-7-9(3)14-13(11,12)15-10(4)8-6-2;/h9-10H,5-8H2,1-4H3,(H,11,12);/q;+1/p-1. The van der Waals surface area contributed by atoms with Crippen molar-refractivity contribution in [3.8, 4) is 0 Å². The van der Waals surface area contributed by atoms with Crippen molar-refractivity contribution in [2.75, 3.05) is 0 Å². The van der Waals surface area contributed by atoms with E-state index in [0.717, 1.165) is 48.4 Å². The van der Waals surface area contributed by atoms with E-state index in [2.05, 4.69) is 13.8 Å². The van der Waals surface area contributed by atoms with Crippen molar-refractivity contribution in [1.29, 1.82) is 0 Å². The minimum Gasteiger partial charge on any atom is -0.784 e. The van der Waals surface area contributed by atoms with Gasteiger partial charge in [-0.1, -0.05) is 63.3 Å². The molecule has 0 aromatic rings. The fourth-order valence-corrected chi connectivity index (χ4v) is 9.52. The molecule has 0 aromatic heterocycles. The van der Waals surface area contributed by atoms with Gasteiger partial charge in [0.15, 0.2) is 0 Å². The first kappa shape index (κ1) is 20.2. The molecule has 0 aromatic carbocycles. The Morgan fingerprint density at radius 2 is 1.38 bits per heavy atom. The Kier molecular flexibility index (Phi) is 13.6. The molecule has 0 fully saturated rings. The molecule has 0 heterocycles. The molecule has 0 radical (unpaired) electrons. The molecule has 2 unspecified atom stereocenters. The zero-order valence-corrected chi connectivity index (χ0v) is 15.6. The second-order valence-electron chi connectivity index (χ2n) is 3.86. The predicted octanol–water partition coefficient (Wildman–Crippen LogP) is 1.30. The maximum absolute atomic E-state index is 11.8. The average molecular weight is 292 g/mol. The summed E-state index contributed by atoms with van der Waals surface area (Å²) < 4.78 is 11.8. The smallest absolute Gasteiger partial charge is 0.784 e. The van der Waals surface area contributed by atoms with Crippen molar-refractivity contribution in [1.82, 2.24) is 0 Å². The van der Waals surface area contributed by atoms with E-state index in [4.69, 9.17) is 0 Å². The summed E-state index contributed by atoms with van der Waals surface area (Å²) in [4.78, 5) is 11.8. The van der Waals surface area contributed by atoms with Gasteiger partial charge >= 0.3 is 29.6 Å². The molecule has 6 heteroatoms. The van der Waals surface area contributed by atoms with E-state index in [1.165, 1.54) is 0 Å². The van der Waals surface area contributed by atoms with Crippen LogP contribution in [0.1, 0.15) is 53.4 Å². The minimum absolute atomic E-state index is 0. The molecule has 2 atom stereocenters. The predicted molar refractivity (Wildman–Crippen MR) is 71.5 cm³/mol. The average Bonchev–Trinajstić information content (AvgIpc) is 2.01. The molecule has 92 valence electrons. The van der Waals surface area contributed by atoms with Crippen LogP contribution in [0.5, 0.6) is 0 Å². The van der Waals surface area contributed by atoms with Crippen molar-refractivity contribution < 1.29 is 39.0 Å². The van der Waals surface area contributed by atoms with Gasteiger partial charge in [-0.05, 0) is 12.8 Å². The molecule has 0 bridgehead atoms. The van der Waals surface area contributed by atoms with Crippen LogP contribution in [0.25, 0.3) is 0 Å². The van der Waals surface area contributed by atoms with Crippen LogP contribution in [0, 0.1) is 0 Å². The molecule has 0 amide bonds. The van der Waals surface area contributed by atoms with Gasteiger partial charge in [-0.15, -0.1) is 0 Å². The summed E-state index contributed by atoms with van der Waals surface area (Å²) in [6.07, 6.45) is 4.03. The van der Waals surface area contributed by atoms with Gasteiger partial charge < -0.3 is 9.46 Å². The van der Waals surface area contributed by atoms with E-state index < -0.39 is 5.77 Å². The zero-order valence-electron chi connectivity index (χ0n) is 11.1. The summed E-state index contributed by atoms with van der Waals surface area (Å²) in [6, 6.07) is 0. The van der Waals surface area contributed by atoms with Crippen LogP contribution in [0.4, 0.5) is 0 Å². The third-order valence-electron chi connectivity index (χ3n) is 2.01. The summed E-state index contributed by atoms with van der Waals surface area (Å²) >= 11 is 2.29. The van der Waals surface area contributed by atoms with E-state index in [9.17, 15) is 9.46 Å². The summed E-state index contributed by atoms with van der Waals surface area (Å²) in [5.74, 6) is -3.28. The van der Waals surface area contributed by atoms with Gasteiger partial charge in [-0.2, -0.15) is 0 Å². The van der Waals surface area contributed by atoms with Gasteiger partial charge in [0.2, 0.25) is 0 Å². The van der Waals surface area contributed by atoms with Gasteiger partial charge in [-0.3, -0.25) is 0 Å². The van der Waals surface area contributed by atoms with Crippen LogP contribution in [0.2, 0.25) is 0 Å². The van der Waals surface area contributed by atoms with Crippen molar-refractivity contribution in [2.45, 2.75) is 63.9 Å². The SMILES string of the molecule is CCCC(C)SP(=O)([O-])SC(C)CCC.[Na+]. The number of hydrogen-bond acceptors (Lipinski definition) is 4. The maximum Gasteiger partial charge on any atom is 1.00 e. The van der Waals surface area contributed by atoms with Crippen molar-refractivity contribution in [2.24, 2.45) is 0 Å². The summed E-state index contributed by atoms with van der Waals surface area (Å²) in [5, 5.41) is 0.444. The summed E-state index contributed by atoms with van der Waals surface area (Å²) in [7, 11) is 0. The molecule has 0 aliphatic rings. The van der Waals surface area contributed by atoms with Gasteiger partial charge in [0.05, 0.1) is 0 Å². The van der Waals surface area contributed by atoms with Crippen LogP contribution < -0.4 is 34.5 Å². The first-order chi connectivity index (χ1) is 6.91. The van der Waals surface area contributed by atoms with Crippen molar-refractivity contribution in [3.63, 3.8) is 0 Å². The van der Waals surface area contributed by atoms with Crippen molar-refractivity contribution >= 4 is 28.5 Å². The van der Waals surface area contributed by atoms with Gasteiger partial charge in [0, 0.05) is 10.5 Å². The first-order valence-electron chi connectivity index (χ1n) is 5.59. The Balaban J connectivity index is 0. The third-order valence-corrected chi connectivity index (χ3v) is 8.97. The largest absolute Gasteiger partial charge is 1.00 e. The van der Waals surface area contributed by atoms with Crippen LogP contribution in [-0.2, 0) is 4.57 Å². The molecule has 0 aliphatic heterocycles. The molecule has 2 nitrogen and oxygen atoms in total. The van der Waals surface area contributed by atoms with Crippen LogP contribution in [0.3, 0.4) is 0 Å². The molecule has 16 heavy (non-hydrogen) atoms. The van der Waals surface area contributed by atoms with Gasteiger partial charge in [0.1, 0.15) is 5.77 Å². The second kappa shape index (κ2) is 10.8. The van der Waals surface area contributed by atoms with Crippen LogP contribution in [0.15, 0.2) is 0 Å². The normalized spacial score (nSPS) is 18.3. The summed E-state index contributed by atoms with van der Waals surface area (Å²) in [5.41, 5.74) is 0. The third kappa shape index (κ3) is 11.0. The molecular weight excluding hydrogens is 270 g/mol. The molecule has 0 rings (SSSR count). The summed E-state index contributed by atoms with van der Waals surface area (Å²) in [6.45, 7) is 8.15. The monoisotopic (exact) mass is 292 g/mol. The first-order valence-corrected chi connectivity index (χ1v) is 10.2. The number of hydrogen-bond donors (Lipinski definition) is 0. The van der Waals surface area contributed by atoms with Gasteiger partial charge in [-0.25, -0.2) is 0 Å². The molecule has 0 aliphatic carbocycles. The van der Waals surface area contributed by atoms with E-state index in [-0.39, 0.29) is 40.1 Å².